The van der Waals surface area contributed by atoms with Gasteiger partial charge in [-0.1, -0.05) is 25.1 Å². The largest absolute Gasteiger partial charge is 0.392 e. The van der Waals surface area contributed by atoms with Gasteiger partial charge in [0, 0.05) is 22.6 Å². The van der Waals surface area contributed by atoms with E-state index in [4.69, 9.17) is 0 Å². The molecule has 0 saturated heterocycles. The lowest BCUT2D eigenvalue weighted by Gasteiger charge is -2.13. The van der Waals surface area contributed by atoms with Crippen LogP contribution < -0.4 is 0 Å². The normalized spacial score (nSPS) is 14.4. The minimum atomic E-state index is -0.409. The Morgan fingerprint density at radius 2 is 2.06 bits per heavy atom. The van der Waals surface area contributed by atoms with Crippen LogP contribution in [0.4, 0.5) is 5.69 Å². The molecular formula is C11H15NO3S. The number of aliphatic hydroxyl groups excluding tert-OH is 1. The van der Waals surface area contributed by atoms with E-state index < -0.39 is 6.10 Å². The molecule has 1 N–H and O–H groups in total. The fourth-order valence-electron chi connectivity index (χ4n) is 1.17. The molecule has 0 bridgehead atoms. The van der Waals surface area contributed by atoms with E-state index >= 15 is 0 Å². The van der Waals surface area contributed by atoms with E-state index in [2.05, 4.69) is 0 Å². The first kappa shape index (κ1) is 13.0. The van der Waals surface area contributed by atoms with Crippen molar-refractivity contribution < 1.29 is 10.0 Å². The van der Waals surface area contributed by atoms with Crippen molar-refractivity contribution in [1.82, 2.24) is 0 Å². The van der Waals surface area contributed by atoms with Gasteiger partial charge < -0.3 is 5.11 Å². The van der Waals surface area contributed by atoms with E-state index in [1.807, 2.05) is 6.92 Å². The number of nitro groups is 1. The minimum absolute atomic E-state index is 0.0693. The lowest BCUT2D eigenvalue weighted by Crippen LogP contribution is -2.15. The highest BCUT2D eigenvalue weighted by atomic mass is 32.2. The number of hydrogen-bond donors (Lipinski definition) is 1. The van der Waals surface area contributed by atoms with Crippen LogP contribution in [-0.2, 0) is 5.75 Å². The molecule has 4 nitrogen and oxygen atoms in total. The SMILES string of the molecule is CC(O)C(C)SCc1ccccc1[N+](=O)[O-]. The molecule has 5 heteroatoms. The zero-order chi connectivity index (χ0) is 12.1. The summed E-state index contributed by atoms with van der Waals surface area (Å²) in [5.41, 5.74) is 0.845. The third-order valence-corrected chi connectivity index (χ3v) is 3.77. The van der Waals surface area contributed by atoms with Gasteiger partial charge in [0.25, 0.3) is 5.69 Å². The Morgan fingerprint density at radius 3 is 2.62 bits per heavy atom. The van der Waals surface area contributed by atoms with Crippen LogP contribution in [0.15, 0.2) is 24.3 Å². The molecule has 0 aliphatic rings. The van der Waals surface area contributed by atoms with Crippen LogP contribution in [0, 0.1) is 10.1 Å². The Hall–Kier alpha value is -1.07. The van der Waals surface area contributed by atoms with Crippen molar-refractivity contribution in [3.8, 4) is 0 Å². The number of para-hydroxylation sites is 1. The van der Waals surface area contributed by atoms with Crippen LogP contribution in [0.3, 0.4) is 0 Å². The smallest absolute Gasteiger partial charge is 0.273 e. The Balaban J connectivity index is 2.70. The summed E-state index contributed by atoms with van der Waals surface area (Å²) in [5.74, 6) is 0.545. The van der Waals surface area contributed by atoms with Gasteiger partial charge >= 0.3 is 0 Å². The predicted octanol–water partition coefficient (Wildman–Crippen LogP) is 2.60. The van der Waals surface area contributed by atoms with Crippen molar-refractivity contribution in [3.63, 3.8) is 0 Å². The summed E-state index contributed by atoms with van der Waals surface area (Å²) in [6.45, 7) is 3.63. The van der Waals surface area contributed by atoms with Gasteiger partial charge in [-0.25, -0.2) is 0 Å². The standard InChI is InChI=1S/C11H15NO3S/c1-8(13)9(2)16-7-10-5-3-4-6-11(10)12(14)15/h3-6,8-9,13H,7H2,1-2H3. The van der Waals surface area contributed by atoms with Crippen LogP contribution in [0.25, 0.3) is 0 Å². The third kappa shape index (κ3) is 3.50. The fraction of sp³-hybridized carbons (Fsp3) is 0.455. The van der Waals surface area contributed by atoms with E-state index in [0.717, 1.165) is 0 Å². The third-order valence-electron chi connectivity index (χ3n) is 2.37. The molecule has 0 spiro atoms. The van der Waals surface area contributed by atoms with Gasteiger partial charge in [0.2, 0.25) is 0 Å². The molecule has 0 aliphatic carbocycles. The molecule has 1 aromatic rings. The summed E-state index contributed by atoms with van der Waals surface area (Å²) < 4.78 is 0. The van der Waals surface area contributed by atoms with Crippen molar-refractivity contribution in [2.45, 2.75) is 31.0 Å². The second kappa shape index (κ2) is 5.86. The second-order valence-electron chi connectivity index (χ2n) is 3.64. The number of thioether (sulfide) groups is 1. The highest BCUT2D eigenvalue weighted by molar-refractivity contribution is 7.99. The van der Waals surface area contributed by atoms with Crippen molar-refractivity contribution in [1.29, 1.82) is 0 Å². The van der Waals surface area contributed by atoms with Crippen LogP contribution >= 0.6 is 11.8 Å². The zero-order valence-corrected chi connectivity index (χ0v) is 10.1. The Kier molecular flexibility index (Phi) is 4.76. The van der Waals surface area contributed by atoms with Crippen LogP contribution in [-0.4, -0.2) is 21.4 Å². The van der Waals surface area contributed by atoms with E-state index in [-0.39, 0.29) is 15.9 Å². The molecule has 2 atom stereocenters. The molecular weight excluding hydrogens is 226 g/mol. The number of nitro benzene ring substituents is 1. The fourth-order valence-corrected chi connectivity index (χ4v) is 2.14. The molecule has 2 unspecified atom stereocenters. The maximum absolute atomic E-state index is 10.7. The highest BCUT2D eigenvalue weighted by Gasteiger charge is 2.15. The first-order valence-corrected chi connectivity index (χ1v) is 6.09. The van der Waals surface area contributed by atoms with Gasteiger partial charge in [0.1, 0.15) is 0 Å². The number of rotatable bonds is 5. The summed E-state index contributed by atoms with van der Waals surface area (Å²) in [7, 11) is 0. The van der Waals surface area contributed by atoms with Crippen molar-refractivity contribution >= 4 is 17.4 Å². The van der Waals surface area contributed by atoms with Crippen LogP contribution in [0.1, 0.15) is 19.4 Å². The first-order valence-electron chi connectivity index (χ1n) is 5.04. The summed E-state index contributed by atoms with van der Waals surface area (Å²) in [5, 5.41) is 20.1. The Labute approximate surface area is 98.8 Å². The first-order chi connectivity index (χ1) is 7.52. The monoisotopic (exact) mass is 241 g/mol. The number of hydrogen-bond acceptors (Lipinski definition) is 4. The molecule has 1 aromatic carbocycles. The van der Waals surface area contributed by atoms with Gasteiger partial charge in [-0.3, -0.25) is 10.1 Å². The predicted molar refractivity (Wildman–Crippen MR) is 65.5 cm³/mol. The van der Waals surface area contributed by atoms with Gasteiger partial charge in [0.05, 0.1) is 11.0 Å². The molecule has 1 rings (SSSR count). The van der Waals surface area contributed by atoms with E-state index in [1.165, 1.54) is 17.8 Å². The Morgan fingerprint density at radius 1 is 1.44 bits per heavy atom. The quantitative estimate of drug-likeness (QED) is 0.635. The zero-order valence-electron chi connectivity index (χ0n) is 9.29. The number of nitrogens with zero attached hydrogens (tertiary/aromatic N) is 1. The molecule has 16 heavy (non-hydrogen) atoms. The lowest BCUT2D eigenvalue weighted by molar-refractivity contribution is -0.385. The molecule has 88 valence electrons. The number of aliphatic hydroxyl groups is 1. The molecule has 0 saturated carbocycles. The van der Waals surface area contributed by atoms with Gasteiger partial charge in [-0.15, -0.1) is 0 Å². The maximum atomic E-state index is 10.7. The van der Waals surface area contributed by atoms with Crippen molar-refractivity contribution in [2.24, 2.45) is 0 Å². The Bertz CT molecular complexity index is 368. The molecule has 0 aromatic heterocycles. The van der Waals surface area contributed by atoms with Crippen molar-refractivity contribution in [3.05, 3.63) is 39.9 Å². The number of benzene rings is 1. The van der Waals surface area contributed by atoms with E-state index in [9.17, 15) is 15.2 Å². The van der Waals surface area contributed by atoms with E-state index in [1.54, 1.807) is 25.1 Å². The highest BCUT2D eigenvalue weighted by Crippen LogP contribution is 2.26. The molecule has 0 amide bonds. The molecule has 0 aliphatic heterocycles. The van der Waals surface area contributed by atoms with E-state index in [0.29, 0.717) is 11.3 Å². The molecule has 0 fully saturated rings. The summed E-state index contributed by atoms with van der Waals surface area (Å²) in [6, 6.07) is 6.70. The maximum Gasteiger partial charge on any atom is 0.273 e. The van der Waals surface area contributed by atoms with Crippen LogP contribution in [0.2, 0.25) is 0 Å². The summed E-state index contributed by atoms with van der Waals surface area (Å²) >= 11 is 1.51. The second-order valence-corrected chi connectivity index (χ2v) is 5.01. The van der Waals surface area contributed by atoms with Gasteiger partial charge in [0.15, 0.2) is 0 Å². The topological polar surface area (TPSA) is 63.4 Å². The molecule has 0 radical (unpaired) electrons. The molecule has 0 heterocycles. The van der Waals surface area contributed by atoms with Gasteiger partial charge in [-0.2, -0.15) is 11.8 Å². The van der Waals surface area contributed by atoms with Gasteiger partial charge in [-0.05, 0) is 6.92 Å². The van der Waals surface area contributed by atoms with Crippen molar-refractivity contribution in [2.75, 3.05) is 0 Å². The lowest BCUT2D eigenvalue weighted by atomic mass is 10.2. The average molecular weight is 241 g/mol. The minimum Gasteiger partial charge on any atom is -0.392 e. The summed E-state index contributed by atoms with van der Waals surface area (Å²) in [6.07, 6.45) is -0.409. The summed E-state index contributed by atoms with van der Waals surface area (Å²) in [4.78, 5) is 10.4. The average Bonchev–Trinajstić information content (AvgIpc) is 2.25. The van der Waals surface area contributed by atoms with Crippen LogP contribution in [0.5, 0.6) is 0 Å².